The Hall–Kier alpha value is -4.00. The first-order valence-electron chi connectivity index (χ1n) is 10.7. The molecule has 2 aromatic heterocycles. The van der Waals surface area contributed by atoms with Crippen molar-refractivity contribution in [2.75, 3.05) is 16.8 Å². The number of carbonyl (C=O) groups is 1. The molecule has 0 radical (unpaired) electrons. The normalized spacial score (nSPS) is 18.0. The summed E-state index contributed by atoms with van der Waals surface area (Å²) >= 11 is 0. The van der Waals surface area contributed by atoms with Crippen molar-refractivity contribution in [3.8, 4) is 6.07 Å². The predicted molar refractivity (Wildman–Crippen MR) is 123 cm³/mol. The molecule has 1 fully saturated rings. The highest BCUT2D eigenvalue weighted by atomic mass is 19.3. The number of nitriles is 1. The van der Waals surface area contributed by atoms with Crippen LogP contribution in [0.3, 0.4) is 0 Å². The highest BCUT2D eigenvalue weighted by molar-refractivity contribution is 5.94. The van der Waals surface area contributed by atoms with Gasteiger partial charge in [-0.05, 0) is 44.5 Å². The molecule has 0 spiro atoms. The fourth-order valence-electron chi connectivity index (χ4n) is 4.42. The van der Waals surface area contributed by atoms with Gasteiger partial charge in [-0.2, -0.15) is 5.26 Å². The van der Waals surface area contributed by atoms with E-state index in [0.29, 0.717) is 16.8 Å². The maximum absolute atomic E-state index is 14.1. The maximum atomic E-state index is 14.1. The van der Waals surface area contributed by atoms with Gasteiger partial charge in [0.15, 0.2) is 11.4 Å². The van der Waals surface area contributed by atoms with E-state index in [9.17, 15) is 28.7 Å². The average Bonchev–Trinajstić information content (AvgIpc) is 3.05. The van der Waals surface area contributed by atoms with Crippen LogP contribution >= 0.6 is 0 Å². The molecule has 176 valence electrons. The van der Waals surface area contributed by atoms with Gasteiger partial charge in [0.05, 0.1) is 18.2 Å². The first kappa shape index (κ1) is 23.2. The van der Waals surface area contributed by atoms with Gasteiger partial charge in [0.25, 0.3) is 11.5 Å². The van der Waals surface area contributed by atoms with Crippen LogP contribution < -0.4 is 15.8 Å². The fourth-order valence-corrected chi connectivity index (χ4v) is 4.42. The number of carboxylic acid groups (broad SMARTS) is 1. The minimum absolute atomic E-state index is 0.0691. The summed E-state index contributed by atoms with van der Waals surface area (Å²) in [6.45, 7) is 4.53. The van der Waals surface area contributed by atoms with Crippen LogP contribution in [0.15, 0.2) is 41.3 Å². The predicted octanol–water partition coefficient (Wildman–Crippen LogP) is 3.98. The highest BCUT2D eigenvalue weighted by Gasteiger charge is 2.44. The van der Waals surface area contributed by atoms with Crippen LogP contribution in [0.4, 0.5) is 20.3 Å². The van der Waals surface area contributed by atoms with Gasteiger partial charge in [-0.25, -0.2) is 18.6 Å². The van der Waals surface area contributed by atoms with Crippen molar-refractivity contribution in [1.29, 1.82) is 5.26 Å². The molecule has 0 amide bonds. The molecule has 0 saturated carbocycles. The van der Waals surface area contributed by atoms with Gasteiger partial charge >= 0.3 is 5.97 Å². The molecular weight excluding hydrogens is 444 g/mol. The summed E-state index contributed by atoms with van der Waals surface area (Å²) in [6, 6.07) is 8.95. The van der Waals surface area contributed by atoms with Gasteiger partial charge in [0, 0.05) is 29.9 Å². The number of rotatable bonds is 5. The number of hydrogen-bond donors (Lipinski definition) is 2. The van der Waals surface area contributed by atoms with E-state index < -0.39 is 42.5 Å². The maximum Gasteiger partial charge on any atom is 0.337 e. The molecule has 2 N–H and O–H groups in total. The third-order valence-electron chi connectivity index (χ3n) is 5.98. The standard InChI is InChI=1S/C24H23F2N5O3/c1-13-8-17(15(3)28-19-7-5-4-6-16(19)23(33)34)20-29-21(18(10-27)22(32)30(20)11-13)31-12-24(25,26)9-14(31)2/h4-8,11,14-15,28H,9,12H2,1-3H3,(H,33,34)/t14-,15?/m1/s1. The van der Waals surface area contributed by atoms with Crippen LogP contribution in [0.1, 0.15) is 53.4 Å². The Bertz CT molecular complexity index is 1400. The van der Waals surface area contributed by atoms with Crippen molar-refractivity contribution in [3.63, 3.8) is 0 Å². The van der Waals surface area contributed by atoms with Crippen LogP contribution in [0.25, 0.3) is 5.65 Å². The van der Waals surface area contributed by atoms with E-state index in [-0.39, 0.29) is 22.6 Å². The number of carboxylic acids is 1. The van der Waals surface area contributed by atoms with Gasteiger partial charge in [-0.3, -0.25) is 9.20 Å². The number of alkyl halides is 2. The van der Waals surface area contributed by atoms with Crippen LogP contribution in [0.2, 0.25) is 0 Å². The number of para-hydroxylation sites is 1. The summed E-state index contributed by atoms with van der Waals surface area (Å²) in [5.41, 5.74) is 0.998. The molecule has 2 atom stereocenters. The zero-order valence-electron chi connectivity index (χ0n) is 18.8. The lowest BCUT2D eigenvalue weighted by molar-refractivity contribution is 0.0229. The van der Waals surface area contributed by atoms with Gasteiger partial charge < -0.3 is 15.3 Å². The minimum Gasteiger partial charge on any atom is -0.478 e. The second-order valence-electron chi connectivity index (χ2n) is 8.65. The Morgan fingerprint density at radius 3 is 2.71 bits per heavy atom. The number of nitrogens with zero attached hydrogens (tertiary/aromatic N) is 4. The van der Waals surface area contributed by atoms with Crippen molar-refractivity contribution in [1.82, 2.24) is 9.38 Å². The van der Waals surface area contributed by atoms with E-state index in [2.05, 4.69) is 10.3 Å². The molecule has 1 unspecified atom stereocenters. The third kappa shape index (κ3) is 4.05. The summed E-state index contributed by atoms with van der Waals surface area (Å²) < 4.78 is 29.4. The van der Waals surface area contributed by atoms with Crippen LogP contribution in [-0.2, 0) is 0 Å². The molecule has 1 aromatic carbocycles. The van der Waals surface area contributed by atoms with Crippen LogP contribution in [0.5, 0.6) is 0 Å². The van der Waals surface area contributed by atoms with E-state index in [0.717, 1.165) is 0 Å². The minimum atomic E-state index is -2.95. The van der Waals surface area contributed by atoms with E-state index in [1.54, 1.807) is 51.2 Å². The topological polar surface area (TPSA) is 111 Å². The first-order chi connectivity index (χ1) is 16.0. The van der Waals surface area contributed by atoms with E-state index in [1.807, 2.05) is 6.07 Å². The summed E-state index contributed by atoms with van der Waals surface area (Å²) in [5.74, 6) is -4.12. The summed E-state index contributed by atoms with van der Waals surface area (Å²) in [4.78, 5) is 30.7. The number of aromatic carboxylic acids is 1. The quantitative estimate of drug-likeness (QED) is 0.584. The van der Waals surface area contributed by atoms with Crippen molar-refractivity contribution < 1.29 is 18.7 Å². The number of aromatic nitrogens is 2. The summed E-state index contributed by atoms with van der Waals surface area (Å²) in [6.07, 6.45) is 1.14. The molecular formula is C24H23F2N5O3. The molecule has 8 nitrogen and oxygen atoms in total. The van der Waals surface area contributed by atoms with Gasteiger partial charge in [-0.15, -0.1) is 0 Å². The number of nitrogens with one attached hydrogen (secondary N) is 1. The molecule has 1 aliphatic heterocycles. The number of aryl methyl sites for hydroxylation is 1. The molecule has 3 aromatic rings. The number of halogens is 2. The van der Waals surface area contributed by atoms with Crippen LogP contribution in [0, 0.1) is 18.3 Å². The number of benzene rings is 1. The van der Waals surface area contributed by atoms with Crippen molar-refractivity contribution in [2.24, 2.45) is 0 Å². The molecule has 1 aliphatic rings. The molecule has 34 heavy (non-hydrogen) atoms. The van der Waals surface area contributed by atoms with E-state index in [4.69, 9.17) is 0 Å². The smallest absolute Gasteiger partial charge is 0.337 e. The van der Waals surface area contributed by atoms with Crippen molar-refractivity contribution in [3.05, 3.63) is 69.1 Å². The first-order valence-corrected chi connectivity index (χ1v) is 10.7. The molecule has 10 heteroatoms. The highest BCUT2D eigenvalue weighted by Crippen LogP contribution is 2.36. The molecule has 0 aliphatic carbocycles. The second kappa shape index (κ2) is 8.41. The molecule has 0 bridgehead atoms. The lowest BCUT2D eigenvalue weighted by atomic mass is 10.1. The van der Waals surface area contributed by atoms with E-state index >= 15 is 0 Å². The number of fused-ring (bicyclic) bond motifs is 1. The Labute approximate surface area is 194 Å². The zero-order valence-corrected chi connectivity index (χ0v) is 18.8. The van der Waals surface area contributed by atoms with Gasteiger partial charge in [0.1, 0.15) is 11.7 Å². The monoisotopic (exact) mass is 467 g/mol. The Morgan fingerprint density at radius 1 is 1.38 bits per heavy atom. The lowest BCUT2D eigenvalue weighted by Crippen LogP contribution is -2.33. The molecule has 1 saturated heterocycles. The lowest BCUT2D eigenvalue weighted by Gasteiger charge is -2.24. The summed E-state index contributed by atoms with van der Waals surface area (Å²) in [5, 5.41) is 22.3. The Balaban J connectivity index is 1.89. The SMILES string of the molecule is Cc1cc(C(C)Nc2ccccc2C(=O)O)c2nc(N3CC(F)(F)C[C@H]3C)c(C#N)c(=O)n2c1. The Kier molecular flexibility index (Phi) is 5.73. The van der Waals surface area contributed by atoms with Crippen LogP contribution in [-0.4, -0.2) is 39.0 Å². The Morgan fingerprint density at radius 2 is 2.09 bits per heavy atom. The fraction of sp³-hybridized carbons (Fsp3) is 0.333. The molecule has 4 rings (SSSR count). The van der Waals surface area contributed by atoms with Crippen molar-refractivity contribution >= 4 is 23.1 Å². The average molecular weight is 467 g/mol. The van der Waals surface area contributed by atoms with Crippen molar-refractivity contribution in [2.45, 2.75) is 45.2 Å². The summed E-state index contributed by atoms with van der Waals surface area (Å²) in [7, 11) is 0. The third-order valence-corrected chi connectivity index (χ3v) is 5.98. The van der Waals surface area contributed by atoms with E-state index in [1.165, 1.54) is 15.4 Å². The largest absolute Gasteiger partial charge is 0.478 e. The molecule has 3 heterocycles. The number of hydrogen-bond acceptors (Lipinski definition) is 6. The number of pyridine rings is 1. The van der Waals surface area contributed by atoms with Gasteiger partial charge in [-0.1, -0.05) is 12.1 Å². The van der Waals surface area contributed by atoms with Gasteiger partial charge in [0.2, 0.25) is 0 Å². The number of anilines is 2. The zero-order chi connectivity index (χ0) is 24.8. The second-order valence-corrected chi connectivity index (χ2v) is 8.65.